The van der Waals surface area contributed by atoms with E-state index < -0.39 is 0 Å². The lowest BCUT2D eigenvalue weighted by Crippen LogP contribution is -2.07. The van der Waals surface area contributed by atoms with Crippen LogP contribution in [0.2, 0.25) is 0 Å². The summed E-state index contributed by atoms with van der Waals surface area (Å²) in [5.41, 5.74) is 16.2. The molecule has 0 amide bonds. The van der Waals surface area contributed by atoms with Gasteiger partial charge in [0.1, 0.15) is 0 Å². The highest BCUT2D eigenvalue weighted by atomic mass is 16.3. The van der Waals surface area contributed by atoms with E-state index in [-0.39, 0.29) is 6.61 Å². The van der Waals surface area contributed by atoms with Gasteiger partial charge in [-0.3, -0.25) is 4.98 Å². The molecule has 23 heavy (non-hydrogen) atoms. The molecular formula is C18H22N4O. The predicted molar refractivity (Wildman–Crippen MR) is 93.7 cm³/mol. The summed E-state index contributed by atoms with van der Waals surface area (Å²) in [5, 5.41) is 12.3. The highest BCUT2D eigenvalue weighted by Gasteiger charge is 2.03. The highest BCUT2D eigenvalue weighted by Crippen LogP contribution is 2.17. The third-order valence-corrected chi connectivity index (χ3v) is 3.51. The Labute approximate surface area is 136 Å². The van der Waals surface area contributed by atoms with Crippen molar-refractivity contribution in [3.05, 3.63) is 77.4 Å². The minimum Gasteiger partial charge on any atom is -0.404 e. The standard InChI is InChI=1S/C18H22N4O/c19-9-17(10-20)18-6-8-22-12-16(18)5-7-21-11-14-1-3-15(13-23)4-2-14/h1-9,12,21,23H,10-11,13,19-20H2/b7-5+,17-9+. The fraction of sp³-hybridized carbons (Fsp3) is 0.167. The van der Waals surface area contributed by atoms with E-state index in [4.69, 9.17) is 16.6 Å². The summed E-state index contributed by atoms with van der Waals surface area (Å²) in [6.45, 7) is 1.15. The summed E-state index contributed by atoms with van der Waals surface area (Å²) in [6.07, 6.45) is 8.86. The van der Waals surface area contributed by atoms with E-state index in [1.54, 1.807) is 12.4 Å². The molecule has 0 saturated heterocycles. The zero-order valence-corrected chi connectivity index (χ0v) is 12.9. The van der Waals surface area contributed by atoms with Gasteiger partial charge in [0, 0.05) is 31.0 Å². The van der Waals surface area contributed by atoms with Gasteiger partial charge in [-0.15, -0.1) is 0 Å². The van der Waals surface area contributed by atoms with E-state index in [2.05, 4.69) is 10.3 Å². The van der Waals surface area contributed by atoms with E-state index in [0.717, 1.165) is 27.8 Å². The molecule has 0 unspecified atom stereocenters. The Balaban J connectivity index is 2.00. The second-order valence-electron chi connectivity index (χ2n) is 5.05. The molecule has 0 aliphatic rings. The first-order valence-electron chi connectivity index (χ1n) is 7.42. The van der Waals surface area contributed by atoms with Gasteiger partial charge < -0.3 is 21.9 Å². The molecule has 5 heteroatoms. The Morgan fingerprint density at radius 2 is 1.91 bits per heavy atom. The number of benzene rings is 1. The number of hydrogen-bond donors (Lipinski definition) is 4. The van der Waals surface area contributed by atoms with Crippen LogP contribution in [0.25, 0.3) is 11.6 Å². The summed E-state index contributed by atoms with van der Waals surface area (Å²) in [7, 11) is 0. The number of nitrogens with two attached hydrogens (primary N) is 2. The molecule has 0 fully saturated rings. The average molecular weight is 310 g/mol. The van der Waals surface area contributed by atoms with Crippen LogP contribution in [0, 0.1) is 0 Å². The van der Waals surface area contributed by atoms with E-state index in [1.807, 2.05) is 42.6 Å². The second-order valence-corrected chi connectivity index (χ2v) is 5.05. The first-order chi connectivity index (χ1) is 11.3. The molecule has 0 radical (unpaired) electrons. The molecular weight excluding hydrogens is 288 g/mol. The van der Waals surface area contributed by atoms with Crippen molar-refractivity contribution in [2.75, 3.05) is 6.54 Å². The maximum absolute atomic E-state index is 9.03. The Kier molecular flexibility index (Phi) is 6.35. The molecule has 1 aromatic carbocycles. The van der Waals surface area contributed by atoms with Crippen LogP contribution in [0.5, 0.6) is 0 Å². The van der Waals surface area contributed by atoms with Crippen LogP contribution in [0.1, 0.15) is 22.3 Å². The molecule has 2 rings (SSSR count). The SMILES string of the molecule is N/C=C(\CN)c1ccncc1/C=C/NCc1ccc(CO)cc1. The van der Waals surface area contributed by atoms with E-state index in [1.165, 1.54) is 6.20 Å². The van der Waals surface area contributed by atoms with Crippen molar-refractivity contribution >= 4 is 11.6 Å². The third kappa shape index (κ3) is 4.67. The summed E-state index contributed by atoms with van der Waals surface area (Å²) >= 11 is 0. The summed E-state index contributed by atoms with van der Waals surface area (Å²) < 4.78 is 0. The van der Waals surface area contributed by atoms with Crippen LogP contribution in [0.3, 0.4) is 0 Å². The average Bonchev–Trinajstić information content (AvgIpc) is 2.61. The zero-order chi connectivity index (χ0) is 16.5. The smallest absolute Gasteiger partial charge is 0.0681 e. The highest BCUT2D eigenvalue weighted by molar-refractivity contribution is 5.74. The summed E-state index contributed by atoms with van der Waals surface area (Å²) in [5.74, 6) is 0. The number of hydrogen-bond acceptors (Lipinski definition) is 5. The molecule has 0 spiro atoms. The van der Waals surface area contributed by atoms with Crippen molar-refractivity contribution in [2.24, 2.45) is 11.5 Å². The lowest BCUT2D eigenvalue weighted by Gasteiger charge is -2.08. The van der Waals surface area contributed by atoms with Gasteiger partial charge in [-0.05, 0) is 46.8 Å². The van der Waals surface area contributed by atoms with Crippen molar-refractivity contribution in [1.29, 1.82) is 0 Å². The van der Waals surface area contributed by atoms with Crippen LogP contribution in [0.15, 0.2) is 55.1 Å². The maximum atomic E-state index is 9.03. The van der Waals surface area contributed by atoms with E-state index in [9.17, 15) is 0 Å². The number of aliphatic hydroxyl groups excluding tert-OH is 1. The molecule has 0 atom stereocenters. The van der Waals surface area contributed by atoms with Gasteiger partial charge in [0.05, 0.1) is 6.61 Å². The van der Waals surface area contributed by atoms with Crippen LogP contribution < -0.4 is 16.8 Å². The van der Waals surface area contributed by atoms with Gasteiger partial charge in [-0.1, -0.05) is 24.3 Å². The van der Waals surface area contributed by atoms with Gasteiger partial charge in [0.15, 0.2) is 0 Å². The van der Waals surface area contributed by atoms with Crippen LogP contribution in [-0.2, 0) is 13.2 Å². The Bertz CT molecular complexity index is 678. The Morgan fingerprint density at radius 1 is 1.17 bits per heavy atom. The normalized spacial score (nSPS) is 11.8. The zero-order valence-electron chi connectivity index (χ0n) is 12.9. The minimum absolute atomic E-state index is 0.0650. The largest absolute Gasteiger partial charge is 0.404 e. The number of nitrogens with one attached hydrogen (secondary N) is 1. The number of pyridine rings is 1. The van der Waals surface area contributed by atoms with Gasteiger partial charge in [-0.2, -0.15) is 0 Å². The van der Waals surface area contributed by atoms with Crippen molar-refractivity contribution in [3.63, 3.8) is 0 Å². The Morgan fingerprint density at radius 3 is 2.57 bits per heavy atom. The lowest BCUT2D eigenvalue weighted by atomic mass is 10.0. The molecule has 0 bridgehead atoms. The topological polar surface area (TPSA) is 97.2 Å². The van der Waals surface area contributed by atoms with Crippen LogP contribution >= 0.6 is 0 Å². The summed E-state index contributed by atoms with van der Waals surface area (Å²) in [4.78, 5) is 4.14. The summed E-state index contributed by atoms with van der Waals surface area (Å²) in [6, 6.07) is 9.72. The van der Waals surface area contributed by atoms with Crippen LogP contribution in [-0.4, -0.2) is 16.6 Å². The van der Waals surface area contributed by atoms with E-state index in [0.29, 0.717) is 13.1 Å². The third-order valence-electron chi connectivity index (χ3n) is 3.51. The van der Waals surface area contributed by atoms with Crippen molar-refractivity contribution in [2.45, 2.75) is 13.2 Å². The fourth-order valence-electron chi connectivity index (χ4n) is 2.19. The van der Waals surface area contributed by atoms with Gasteiger partial charge in [0.2, 0.25) is 0 Å². The lowest BCUT2D eigenvalue weighted by molar-refractivity contribution is 0.282. The number of nitrogens with zero attached hydrogens (tertiary/aromatic N) is 1. The molecule has 0 saturated carbocycles. The van der Waals surface area contributed by atoms with Gasteiger partial charge >= 0.3 is 0 Å². The minimum atomic E-state index is 0.0650. The molecule has 0 aliphatic carbocycles. The predicted octanol–water partition coefficient (Wildman–Crippen LogP) is 1.59. The van der Waals surface area contributed by atoms with Gasteiger partial charge in [-0.25, -0.2) is 0 Å². The number of aromatic nitrogens is 1. The molecule has 2 aromatic rings. The van der Waals surface area contributed by atoms with Crippen molar-refractivity contribution in [3.8, 4) is 0 Å². The first kappa shape index (κ1) is 16.7. The first-order valence-corrected chi connectivity index (χ1v) is 7.42. The molecule has 1 aromatic heterocycles. The molecule has 6 N–H and O–H groups in total. The molecule has 120 valence electrons. The molecule has 0 aliphatic heterocycles. The van der Waals surface area contributed by atoms with E-state index >= 15 is 0 Å². The quantitative estimate of drug-likeness (QED) is 0.623. The molecule has 1 heterocycles. The maximum Gasteiger partial charge on any atom is 0.0681 e. The monoisotopic (exact) mass is 310 g/mol. The number of rotatable bonds is 7. The Hall–Kier alpha value is -2.63. The van der Waals surface area contributed by atoms with Crippen molar-refractivity contribution in [1.82, 2.24) is 10.3 Å². The second kappa shape index (κ2) is 8.73. The molecule has 5 nitrogen and oxygen atoms in total. The number of aliphatic hydroxyl groups is 1. The fourth-order valence-corrected chi connectivity index (χ4v) is 2.19. The van der Waals surface area contributed by atoms with Crippen LogP contribution in [0.4, 0.5) is 0 Å². The van der Waals surface area contributed by atoms with Crippen molar-refractivity contribution < 1.29 is 5.11 Å². The van der Waals surface area contributed by atoms with Gasteiger partial charge in [0.25, 0.3) is 0 Å².